The highest BCUT2D eigenvalue weighted by Crippen LogP contribution is 2.31. The number of aromatic nitrogens is 1. The smallest absolute Gasteiger partial charge is 0.340 e. The second kappa shape index (κ2) is 7.74. The molecule has 1 N–H and O–H groups in total. The Morgan fingerprint density at radius 2 is 1.69 bits per heavy atom. The van der Waals surface area contributed by atoms with Crippen LogP contribution in [-0.2, 0) is 4.74 Å². The van der Waals surface area contributed by atoms with E-state index in [-0.39, 0.29) is 5.97 Å². The first-order valence-corrected chi connectivity index (χ1v) is 8.21. The van der Waals surface area contributed by atoms with E-state index in [9.17, 15) is 4.79 Å². The maximum absolute atomic E-state index is 12.2. The molecule has 0 saturated carbocycles. The topological polar surface area (TPSA) is 69.7 Å². The lowest BCUT2D eigenvalue weighted by Crippen LogP contribution is -2.07. The molecule has 1 aromatic heterocycles. The molecule has 0 spiro atoms. The zero-order valence-corrected chi connectivity index (χ0v) is 14.9. The molecule has 3 aromatic rings. The third-order valence-electron chi connectivity index (χ3n) is 3.90. The quantitative estimate of drug-likeness (QED) is 0.672. The Morgan fingerprint density at radius 1 is 1.04 bits per heavy atom. The molecule has 6 heteroatoms. The van der Waals surface area contributed by atoms with Gasteiger partial charge in [0.15, 0.2) is 0 Å². The highest BCUT2D eigenvalue weighted by Gasteiger charge is 2.15. The van der Waals surface area contributed by atoms with Gasteiger partial charge < -0.3 is 19.5 Å². The molecule has 0 amide bonds. The Morgan fingerprint density at radius 3 is 2.31 bits per heavy atom. The van der Waals surface area contributed by atoms with Crippen molar-refractivity contribution in [3.05, 3.63) is 54.2 Å². The van der Waals surface area contributed by atoms with Crippen molar-refractivity contribution in [2.24, 2.45) is 0 Å². The SMILES string of the molecule is CCOC(=O)c1cnc(Nc2cc(OC)cc(OC)c2)c2ccccc12. The standard InChI is InChI=1S/C20H20N2O4/c1-4-26-20(23)18-12-21-19(17-8-6-5-7-16(17)18)22-13-9-14(24-2)11-15(10-13)25-3/h5-12H,4H2,1-3H3,(H,21,22). The maximum Gasteiger partial charge on any atom is 0.340 e. The predicted octanol–water partition coefficient (Wildman–Crippen LogP) is 4.17. The maximum atomic E-state index is 12.2. The summed E-state index contributed by atoms with van der Waals surface area (Å²) in [5.74, 6) is 1.58. The van der Waals surface area contributed by atoms with Gasteiger partial charge in [0.1, 0.15) is 17.3 Å². The van der Waals surface area contributed by atoms with Crippen LogP contribution in [0.25, 0.3) is 10.8 Å². The summed E-state index contributed by atoms with van der Waals surface area (Å²) in [5.41, 5.74) is 1.21. The average Bonchev–Trinajstić information content (AvgIpc) is 2.68. The van der Waals surface area contributed by atoms with E-state index in [1.54, 1.807) is 27.2 Å². The van der Waals surface area contributed by atoms with Gasteiger partial charge in [0.25, 0.3) is 0 Å². The Balaban J connectivity index is 2.04. The number of pyridine rings is 1. The van der Waals surface area contributed by atoms with E-state index in [1.807, 2.05) is 36.4 Å². The number of esters is 1. The normalized spacial score (nSPS) is 10.4. The van der Waals surface area contributed by atoms with E-state index in [0.29, 0.717) is 29.5 Å². The van der Waals surface area contributed by atoms with Crippen molar-refractivity contribution in [1.29, 1.82) is 0 Å². The zero-order valence-electron chi connectivity index (χ0n) is 14.9. The van der Waals surface area contributed by atoms with E-state index in [0.717, 1.165) is 16.5 Å². The van der Waals surface area contributed by atoms with Crippen molar-refractivity contribution in [2.45, 2.75) is 6.92 Å². The molecule has 0 saturated heterocycles. The monoisotopic (exact) mass is 352 g/mol. The number of rotatable bonds is 6. The van der Waals surface area contributed by atoms with Gasteiger partial charge in [-0.15, -0.1) is 0 Å². The highest BCUT2D eigenvalue weighted by molar-refractivity contribution is 6.07. The number of nitrogens with zero attached hydrogens (tertiary/aromatic N) is 1. The number of anilines is 2. The largest absolute Gasteiger partial charge is 0.497 e. The Bertz CT molecular complexity index is 918. The molecule has 0 fully saturated rings. The summed E-state index contributed by atoms with van der Waals surface area (Å²) in [7, 11) is 3.20. The number of carbonyl (C=O) groups excluding carboxylic acids is 1. The number of fused-ring (bicyclic) bond motifs is 1. The minimum Gasteiger partial charge on any atom is -0.497 e. The summed E-state index contributed by atoms with van der Waals surface area (Å²) < 4.78 is 15.7. The number of carbonyl (C=O) groups is 1. The fraction of sp³-hybridized carbons (Fsp3) is 0.200. The average molecular weight is 352 g/mol. The third-order valence-corrected chi connectivity index (χ3v) is 3.90. The van der Waals surface area contributed by atoms with Crippen LogP contribution in [0.15, 0.2) is 48.7 Å². The number of hydrogen-bond acceptors (Lipinski definition) is 6. The molecular formula is C20H20N2O4. The van der Waals surface area contributed by atoms with Crippen molar-refractivity contribution in [3.8, 4) is 11.5 Å². The minimum absolute atomic E-state index is 0.316. The third kappa shape index (κ3) is 3.54. The second-order valence-electron chi connectivity index (χ2n) is 5.51. The molecule has 0 aliphatic carbocycles. The van der Waals surface area contributed by atoms with Gasteiger partial charge in [-0.1, -0.05) is 24.3 Å². The van der Waals surface area contributed by atoms with Gasteiger partial charge in [0.2, 0.25) is 0 Å². The molecule has 0 atom stereocenters. The van der Waals surface area contributed by atoms with Crippen LogP contribution in [0.4, 0.5) is 11.5 Å². The molecular weight excluding hydrogens is 332 g/mol. The molecule has 26 heavy (non-hydrogen) atoms. The van der Waals surface area contributed by atoms with Crippen molar-refractivity contribution in [1.82, 2.24) is 4.98 Å². The van der Waals surface area contributed by atoms with Crippen LogP contribution >= 0.6 is 0 Å². The summed E-state index contributed by atoms with van der Waals surface area (Å²) in [6.07, 6.45) is 1.53. The highest BCUT2D eigenvalue weighted by atomic mass is 16.5. The molecule has 0 bridgehead atoms. The van der Waals surface area contributed by atoms with Gasteiger partial charge >= 0.3 is 5.97 Å². The van der Waals surface area contributed by atoms with Crippen LogP contribution in [0.2, 0.25) is 0 Å². The number of nitrogens with one attached hydrogen (secondary N) is 1. The van der Waals surface area contributed by atoms with Gasteiger partial charge in [-0.05, 0) is 6.92 Å². The second-order valence-corrected chi connectivity index (χ2v) is 5.51. The van der Waals surface area contributed by atoms with Crippen LogP contribution < -0.4 is 14.8 Å². The van der Waals surface area contributed by atoms with Gasteiger partial charge in [-0.25, -0.2) is 9.78 Å². The first kappa shape index (κ1) is 17.5. The van der Waals surface area contributed by atoms with Crippen LogP contribution in [0.1, 0.15) is 17.3 Å². The lowest BCUT2D eigenvalue weighted by molar-refractivity contribution is 0.0528. The lowest BCUT2D eigenvalue weighted by atomic mass is 10.1. The first-order chi connectivity index (χ1) is 12.7. The number of benzene rings is 2. The fourth-order valence-corrected chi connectivity index (χ4v) is 2.68. The van der Waals surface area contributed by atoms with E-state index >= 15 is 0 Å². The number of methoxy groups -OCH3 is 2. The van der Waals surface area contributed by atoms with Crippen LogP contribution in [0, 0.1) is 0 Å². The summed E-state index contributed by atoms with van der Waals surface area (Å²) >= 11 is 0. The van der Waals surface area contributed by atoms with Crippen LogP contribution in [0.3, 0.4) is 0 Å². The van der Waals surface area contributed by atoms with Crippen LogP contribution in [-0.4, -0.2) is 31.8 Å². The molecule has 0 aliphatic heterocycles. The van der Waals surface area contributed by atoms with Crippen molar-refractivity contribution < 1.29 is 19.0 Å². The van der Waals surface area contributed by atoms with Gasteiger partial charge in [-0.2, -0.15) is 0 Å². The minimum atomic E-state index is -0.384. The number of hydrogen-bond donors (Lipinski definition) is 1. The lowest BCUT2D eigenvalue weighted by Gasteiger charge is -2.13. The fourth-order valence-electron chi connectivity index (χ4n) is 2.68. The predicted molar refractivity (Wildman–Crippen MR) is 101 cm³/mol. The summed E-state index contributed by atoms with van der Waals surface area (Å²) in [6.45, 7) is 2.09. The van der Waals surface area contributed by atoms with E-state index < -0.39 is 0 Å². The Labute approximate surface area is 151 Å². The molecule has 3 rings (SSSR count). The van der Waals surface area contributed by atoms with E-state index in [2.05, 4.69) is 10.3 Å². The summed E-state index contributed by atoms with van der Waals surface area (Å²) in [4.78, 5) is 16.6. The summed E-state index contributed by atoms with van der Waals surface area (Å²) in [6, 6.07) is 13.0. The zero-order chi connectivity index (χ0) is 18.5. The summed E-state index contributed by atoms with van der Waals surface area (Å²) in [5, 5.41) is 4.87. The van der Waals surface area contributed by atoms with Crippen molar-refractivity contribution in [3.63, 3.8) is 0 Å². The Kier molecular flexibility index (Phi) is 5.22. The Hall–Kier alpha value is -3.28. The molecule has 6 nitrogen and oxygen atoms in total. The molecule has 134 valence electrons. The van der Waals surface area contributed by atoms with E-state index in [1.165, 1.54) is 6.20 Å². The number of ether oxygens (including phenoxy) is 3. The van der Waals surface area contributed by atoms with Gasteiger partial charge in [0, 0.05) is 40.9 Å². The van der Waals surface area contributed by atoms with Crippen molar-refractivity contribution in [2.75, 3.05) is 26.1 Å². The van der Waals surface area contributed by atoms with Crippen LogP contribution in [0.5, 0.6) is 11.5 Å². The first-order valence-electron chi connectivity index (χ1n) is 8.21. The molecule has 2 aromatic carbocycles. The molecule has 0 unspecified atom stereocenters. The van der Waals surface area contributed by atoms with Gasteiger partial charge in [-0.3, -0.25) is 0 Å². The molecule has 0 aliphatic rings. The molecule has 1 heterocycles. The van der Waals surface area contributed by atoms with Gasteiger partial charge in [0.05, 0.1) is 26.4 Å². The van der Waals surface area contributed by atoms with E-state index in [4.69, 9.17) is 14.2 Å². The van der Waals surface area contributed by atoms with Crippen molar-refractivity contribution >= 4 is 28.2 Å². The molecule has 0 radical (unpaired) electrons.